The first-order chi connectivity index (χ1) is 10.1. The van der Waals surface area contributed by atoms with Crippen molar-refractivity contribution in [2.24, 2.45) is 11.8 Å². The van der Waals surface area contributed by atoms with Crippen molar-refractivity contribution in [2.75, 3.05) is 20.3 Å². The van der Waals surface area contributed by atoms with Gasteiger partial charge in [0.25, 0.3) is 0 Å². The van der Waals surface area contributed by atoms with Gasteiger partial charge in [0.1, 0.15) is 12.6 Å². The Morgan fingerprint density at radius 3 is 2.09 bits per heavy atom. The lowest BCUT2D eigenvalue weighted by atomic mass is 9.89. The summed E-state index contributed by atoms with van der Waals surface area (Å²) in [7, 11) is 4.28. The minimum Gasteiger partial charge on any atom is -0.345 e. The van der Waals surface area contributed by atoms with Crippen LogP contribution in [0.25, 0.3) is 0 Å². The monoisotopic (exact) mass is 333 g/mol. The maximum Gasteiger partial charge on any atom is 0.225 e. The second kappa shape index (κ2) is 18.3. The van der Waals surface area contributed by atoms with Crippen LogP contribution in [-0.2, 0) is 14.4 Å². The van der Waals surface area contributed by atoms with E-state index in [-0.39, 0.29) is 19.3 Å². The van der Waals surface area contributed by atoms with Gasteiger partial charge in [0.15, 0.2) is 0 Å². The predicted molar refractivity (Wildman–Crippen MR) is 98.2 cm³/mol. The van der Waals surface area contributed by atoms with Crippen molar-refractivity contribution in [3.63, 3.8) is 0 Å². The molecule has 1 amide bonds. The van der Waals surface area contributed by atoms with Gasteiger partial charge in [-0.2, -0.15) is 0 Å². The summed E-state index contributed by atoms with van der Waals surface area (Å²) in [6, 6.07) is 0. The molecule has 5 heteroatoms. The molecule has 1 aliphatic rings. The van der Waals surface area contributed by atoms with E-state index < -0.39 is 0 Å². The van der Waals surface area contributed by atoms with Gasteiger partial charge >= 0.3 is 0 Å². The highest BCUT2D eigenvalue weighted by atomic mass is 31.0. The summed E-state index contributed by atoms with van der Waals surface area (Å²) in [5.74, 6) is 0.620. The quantitative estimate of drug-likeness (QED) is 0.571. The fraction of sp³-hybridized carbons (Fsp3) is 0.824. The van der Waals surface area contributed by atoms with Gasteiger partial charge in [-0.3, -0.25) is 4.79 Å². The molecule has 0 aromatic carbocycles. The van der Waals surface area contributed by atoms with Crippen LogP contribution in [0.3, 0.4) is 0 Å². The van der Waals surface area contributed by atoms with Gasteiger partial charge in [0, 0.05) is 25.9 Å². The summed E-state index contributed by atoms with van der Waals surface area (Å²) in [5, 5.41) is 0. The van der Waals surface area contributed by atoms with E-state index in [1.807, 2.05) is 25.5 Å². The second-order valence-electron chi connectivity index (χ2n) is 5.26. The summed E-state index contributed by atoms with van der Waals surface area (Å²) in [6.45, 7) is 6.05. The maximum absolute atomic E-state index is 11.9. The molecule has 4 nitrogen and oxygen atoms in total. The van der Waals surface area contributed by atoms with Crippen molar-refractivity contribution >= 4 is 27.7 Å². The van der Waals surface area contributed by atoms with Gasteiger partial charge in [-0.05, 0) is 25.7 Å². The Morgan fingerprint density at radius 2 is 1.68 bits per heavy atom. The molecule has 0 spiro atoms. The van der Waals surface area contributed by atoms with Crippen molar-refractivity contribution < 1.29 is 14.4 Å². The van der Waals surface area contributed by atoms with Crippen LogP contribution in [0.1, 0.15) is 59.8 Å². The number of carbonyl (C=O) groups is 3. The lowest BCUT2D eigenvalue weighted by molar-refractivity contribution is -0.135. The minimum atomic E-state index is -0.161. The summed E-state index contributed by atoms with van der Waals surface area (Å²) in [5.41, 5.74) is 0. The summed E-state index contributed by atoms with van der Waals surface area (Å²) in [6.07, 6.45) is 8.37. The van der Waals surface area contributed by atoms with Crippen LogP contribution in [-0.4, -0.2) is 43.6 Å². The van der Waals surface area contributed by atoms with Crippen LogP contribution in [0, 0.1) is 11.8 Å². The summed E-state index contributed by atoms with van der Waals surface area (Å²) < 4.78 is 0. The van der Waals surface area contributed by atoms with Crippen LogP contribution in [0.5, 0.6) is 0 Å². The third-order valence-electron chi connectivity index (χ3n) is 3.50. The lowest BCUT2D eigenvalue weighted by Crippen LogP contribution is -2.36. The van der Waals surface area contributed by atoms with Crippen LogP contribution >= 0.6 is 9.24 Å². The van der Waals surface area contributed by atoms with Gasteiger partial charge < -0.3 is 14.5 Å². The minimum absolute atomic E-state index is 0. The fourth-order valence-electron chi connectivity index (χ4n) is 2.47. The van der Waals surface area contributed by atoms with Gasteiger partial charge in [-0.1, -0.05) is 40.3 Å². The Balaban J connectivity index is -0.000000536. The molecule has 0 aromatic rings. The molecule has 1 unspecified atom stereocenters. The number of hydrogen-bond donors (Lipinski definition) is 0. The van der Waals surface area contributed by atoms with Crippen molar-refractivity contribution in [2.45, 2.75) is 59.8 Å². The Bertz CT molecular complexity index is 279. The second-order valence-corrected chi connectivity index (χ2v) is 5.26. The van der Waals surface area contributed by atoms with E-state index in [2.05, 4.69) is 9.24 Å². The molecule has 1 aliphatic carbocycles. The Labute approximate surface area is 139 Å². The van der Waals surface area contributed by atoms with Crippen molar-refractivity contribution in [1.29, 1.82) is 0 Å². The first kappa shape index (κ1) is 26.2. The smallest absolute Gasteiger partial charge is 0.225 e. The first-order valence-corrected chi connectivity index (χ1v) is 8.88. The Kier molecular flexibility index (Phi) is 21.7. The fourth-order valence-corrected chi connectivity index (χ4v) is 2.47. The van der Waals surface area contributed by atoms with Crippen LogP contribution in [0.2, 0.25) is 0 Å². The molecule has 0 N–H and O–H groups in total. The topological polar surface area (TPSA) is 54.5 Å². The largest absolute Gasteiger partial charge is 0.345 e. The maximum atomic E-state index is 11.9. The molecule has 0 radical (unpaired) electrons. The van der Waals surface area contributed by atoms with E-state index in [1.54, 1.807) is 0 Å². The molecule has 1 fully saturated rings. The van der Waals surface area contributed by atoms with Crippen LogP contribution in [0.4, 0.5) is 0 Å². The number of amides is 1. The molecule has 1 saturated carbocycles. The summed E-state index contributed by atoms with van der Waals surface area (Å²) >= 11 is 0. The van der Waals surface area contributed by atoms with E-state index >= 15 is 0 Å². The van der Waals surface area contributed by atoms with E-state index in [9.17, 15) is 9.59 Å². The predicted octanol–water partition coefficient (Wildman–Crippen LogP) is 3.58. The number of rotatable bonds is 5. The highest BCUT2D eigenvalue weighted by Gasteiger charge is 2.21. The lowest BCUT2D eigenvalue weighted by Gasteiger charge is -2.28. The van der Waals surface area contributed by atoms with Crippen molar-refractivity contribution in [3.05, 3.63) is 0 Å². The van der Waals surface area contributed by atoms with E-state index in [1.165, 1.54) is 39.0 Å². The normalized spacial score (nSPS) is 14.8. The average Bonchev–Trinajstić information content (AvgIpc) is 2.50. The van der Waals surface area contributed by atoms with Crippen molar-refractivity contribution in [1.82, 2.24) is 4.90 Å². The standard InChI is InChI=1S/C13H23NO2.C2H4O.CH5P.CH4/c1-11(8-9-15)13(16)14(2)10-12-6-4-3-5-7-12;1-2-3;1-2;/h9,11-12H,3-8,10H2,1-2H3;2H,1H3;2H2,1H3;1H4/t11-;;;/m1.../s1. The first-order valence-electron chi connectivity index (χ1n) is 7.72. The summed E-state index contributed by atoms with van der Waals surface area (Å²) in [4.78, 5) is 32.9. The molecule has 0 bridgehead atoms. The molecule has 132 valence electrons. The molecule has 1 rings (SSSR count). The zero-order chi connectivity index (χ0) is 16.7. The van der Waals surface area contributed by atoms with Gasteiger partial charge in [-0.25, -0.2) is 0 Å². The SMILES string of the molecule is C.CC=O.CP.C[C@H](CC=O)C(=O)N(C)CC1CCCCC1. The zero-order valence-corrected chi connectivity index (χ0v) is 15.2. The third kappa shape index (κ3) is 12.9. The molecule has 2 atom stereocenters. The average molecular weight is 333 g/mol. The number of carbonyl (C=O) groups excluding carboxylic acids is 3. The zero-order valence-electron chi connectivity index (χ0n) is 14.0. The Morgan fingerprint density at radius 1 is 1.23 bits per heavy atom. The van der Waals surface area contributed by atoms with Crippen LogP contribution < -0.4 is 0 Å². The highest BCUT2D eigenvalue weighted by molar-refractivity contribution is 7.15. The van der Waals surface area contributed by atoms with Gasteiger partial charge in [-0.15, -0.1) is 9.24 Å². The van der Waals surface area contributed by atoms with E-state index in [4.69, 9.17) is 4.79 Å². The van der Waals surface area contributed by atoms with E-state index in [0.717, 1.165) is 19.1 Å². The third-order valence-corrected chi connectivity index (χ3v) is 3.50. The van der Waals surface area contributed by atoms with Gasteiger partial charge in [0.05, 0.1) is 0 Å². The number of hydrogen-bond acceptors (Lipinski definition) is 3. The molecule has 22 heavy (non-hydrogen) atoms. The molecule has 0 aliphatic heterocycles. The molecule has 0 aromatic heterocycles. The molecular weight excluding hydrogens is 297 g/mol. The number of aldehydes is 2. The van der Waals surface area contributed by atoms with Gasteiger partial charge in [0.2, 0.25) is 5.91 Å². The molecular formula is C17H36NO3P. The van der Waals surface area contributed by atoms with Crippen molar-refractivity contribution in [3.8, 4) is 0 Å². The van der Waals surface area contributed by atoms with E-state index in [0.29, 0.717) is 12.3 Å². The molecule has 0 heterocycles. The van der Waals surface area contributed by atoms with Crippen LogP contribution in [0.15, 0.2) is 0 Å². The highest BCUT2D eigenvalue weighted by Crippen LogP contribution is 2.24. The molecule has 0 saturated heterocycles. The number of nitrogens with zero attached hydrogens (tertiary/aromatic N) is 1. The Hall–Kier alpha value is -0.760.